The van der Waals surface area contributed by atoms with Gasteiger partial charge in [-0.15, -0.1) is 0 Å². The fourth-order valence-corrected chi connectivity index (χ4v) is 2.71. The van der Waals surface area contributed by atoms with Crippen LogP contribution in [-0.2, 0) is 9.59 Å². The van der Waals surface area contributed by atoms with Crippen molar-refractivity contribution in [3.8, 4) is 0 Å². The zero-order chi connectivity index (χ0) is 15.3. The van der Waals surface area contributed by atoms with E-state index in [1.807, 2.05) is 12.1 Å². The van der Waals surface area contributed by atoms with Crippen LogP contribution in [0.1, 0.15) is 31.2 Å². The Morgan fingerprint density at radius 1 is 1.24 bits per heavy atom. The molecular weight excluding hydrogens is 290 g/mol. The van der Waals surface area contributed by atoms with E-state index in [9.17, 15) is 14.7 Å². The minimum atomic E-state index is -0.818. The van der Waals surface area contributed by atoms with E-state index in [1.165, 1.54) is 6.08 Å². The first-order valence-electron chi connectivity index (χ1n) is 6.97. The molecular formula is C16H18ClNO3. The zero-order valence-corrected chi connectivity index (χ0v) is 12.4. The highest BCUT2D eigenvalue weighted by Gasteiger charge is 2.41. The van der Waals surface area contributed by atoms with Gasteiger partial charge in [-0.05, 0) is 36.6 Å². The van der Waals surface area contributed by atoms with E-state index in [0.717, 1.165) is 18.4 Å². The Morgan fingerprint density at radius 3 is 2.43 bits per heavy atom. The van der Waals surface area contributed by atoms with Crippen LogP contribution in [0.3, 0.4) is 0 Å². The molecule has 0 unspecified atom stereocenters. The van der Waals surface area contributed by atoms with Crippen LogP contribution in [0, 0.1) is 5.41 Å². The maximum Gasteiger partial charge on any atom is 0.311 e. The molecule has 112 valence electrons. The SMILES string of the molecule is O=C(/C=C/c1ccc(Cl)cc1)NCC1(C(=O)O)CCCC1. The van der Waals surface area contributed by atoms with Crippen LogP contribution in [0.5, 0.6) is 0 Å². The maximum absolute atomic E-state index is 11.8. The number of carboxylic acid groups (broad SMARTS) is 1. The molecule has 1 saturated carbocycles. The molecule has 1 aromatic rings. The third-order valence-electron chi connectivity index (χ3n) is 3.91. The van der Waals surface area contributed by atoms with Crippen LogP contribution in [0.2, 0.25) is 5.02 Å². The van der Waals surface area contributed by atoms with E-state index in [-0.39, 0.29) is 12.5 Å². The number of carbonyl (C=O) groups excluding carboxylic acids is 1. The van der Waals surface area contributed by atoms with Crippen LogP contribution in [0.25, 0.3) is 6.08 Å². The highest BCUT2D eigenvalue weighted by molar-refractivity contribution is 6.30. The van der Waals surface area contributed by atoms with Gasteiger partial charge in [-0.25, -0.2) is 0 Å². The minimum absolute atomic E-state index is 0.187. The maximum atomic E-state index is 11.8. The highest BCUT2D eigenvalue weighted by Crippen LogP contribution is 2.37. The van der Waals surface area contributed by atoms with Crippen molar-refractivity contribution in [1.82, 2.24) is 5.32 Å². The Bertz CT molecular complexity index is 545. The van der Waals surface area contributed by atoms with Crippen LogP contribution in [0.15, 0.2) is 30.3 Å². The lowest BCUT2D eigenvalue weighted by Gasteiger charge is -2.23. The predicted octanol–water partition coefficient (Wildman–Crippen LogP) is 3.11. The zero-order valence-electron chi connectivity index (χ0n) is 11.6. The molecule has 0 aromatic heterocycles. The van der Waals surface area contributed by atoms with E-state index < -0.39 is 11.4 Å². The summed E-state index contributed by atoms with van der Waals surface area (Å²) in [6.45, 7) is 0.187. The van der Waals surface area contributed by atoms with Gasteiger partial charge in [0.15, 0.2) is 0 Å². The Balaban J connectivity index is 1.89. The smallest absolute Gasteiger partial charge is 0.311 e. The number of benzene rings is 1. The minimum Gasteiger partial charge on any atom is -0.481 e. The third-order valence-corrected chi connectivity index (χ3v) is 4.16. The Morgan fingerprint density at radius 2 is 1.86 bits per heavy atom. The van der Waals surface area contributed by atoms with Crippen LogP contribution < -0.4 is 5.32 Å². The molecule has 21 heavy (non-hydrogen) atoms. The van der Waals surface area contributed by atoms with E-state index in [0.29, 0.717) is 17.9 Å². The van der Waals surface area contributed by atoms with Crippen molar-refractivity contribution >= 4 is 29.6 Å². The van der Waals surface area contributed by atoms with Crippen molar-refractivity contribution in [2.75, 3.05) is 6.54 Å². The Labute approximate surface area is 128 Å². The molecule has 0 aliphatic heterocycles. The summed E-state index contributed by atoms with van der Waals surface area (Å²) in [5.74, 6) is -1.10. The number of carboxylic acids is 1. The monoisotopic (exact) mass is 307 g/mol. The molecule has 0 spiro atoms. The normalized spacial score (nSPS) is 17.0. The fraction of sp³-hybridized carbons (Fsp3) is 0.375. The van der Waals surface area contributed by atoms with Crippen molar-refractivity contribution in [3.63, 3.8) is 0 Å². The van der Waals surface area contributed by atoms with E-state index in [2.05, 4.69) is 5.32 Å². The third kappa shape index (κ3) is 4.08. The van der Waals surface area contributed by atoms with Crippen molar-refractivity contribution in [1.29, 1.82) is 0 Å². The largest absolute Gasteiger partial charge is 0.481 e. The van der Waals surface area contributed by atoms with Gasteiger partial charge < -0.3 is 10.4 Å². The number of rotatable bonds is 5. The number of halogens is 1. The molecule has 1 aliphatic rings. The first-order valence-corrected chi connectivity index (χ1v) is 7.35. The fourth-order valence-electron chi connectivity index (χ4n) is 2.58. The lowest BCUT2D eigenvalue weighted by Crippen LogP contribution is -2.40. The second-order valence-corrected chi connectivity index (χ2v) is 5.83. The molecule has 0 radical (unpaired) electrons. The number of aliphatic carboxylic acids is 1. The van der Waals surface area contributed by atoms with Gasteiger partial charge in [0.05, 0.1) is 5.41 Å². The number of nitrogens with one attached hydrogen (secondary N) is 1. The average Bonchev–Trinajstić information content (AvgIpc) is 2.95. The molecule has 0 saturated heterocycles. The topological polar surface area (TPSA) is 66.4 Å². The van der Waals surface area contributed by atoms with E-state index in [4.69, 9.17) is 11.6 Å². The first-order chi connectivity index (χ1) is 10.0. The summed E-state index contributed by atoms with van der Waals surface area (Å²) in [4.78, 5) is 23.2. The molecule has 1 aliphatic carbocycles. The molecule has 1 fully saturated rings. The summed E-state index contributed by atoms with van der Waals surface area (Å²) in [5.41, 5.74) is 0.0763. The molecule has 1 amide bonds. The number of hydrogen-bond acceptors (Lipinski definition) is 2. The first kappa shape index (κ1) is 15.6. The summed E-state index contributed by atoms with van der Waals surface area (Å²) < 4.78 is 0. The van der Waals surface area contributed by atoms with E-state index >= 15 is 0 Å². The van der Waals surface area contributed by atoms with Crippen LogP contribution in [-0.4, -0.2) is 23.5 Å². The molecule has 2 N–H and O–H groups in total. The van der Waals surface area contributed by atoms with Crippen LogP contribution in [0.4, 0.5) is 0 Å². The molecule has 5 heteroatoms. The summed E-state index contributed by atoms with van der Waals surface area (Å²) in [7, 11) is 0. The van der Waals surface area contributed by atoms with Gasteiger partial charge in [-0.1, -0.05) is 36.6 Å². The van der Waals surface area contributed by atoms with Crippen LogP contribution >= 0.6 is 11.6 Å². The Kier molecular flexibility index (Phi) is 5.02. The van der Waals surface area contributed by atoms with Gasteiger partial charge in [-0.2, -0.15) is 0 Å². The summed E-state index contributed by atoms with van der Waals surface area (Å²) in [6.07, 6.45) is 6.15. The number of hydrogen-bond donors (Lipinski definition) is 2. The standard InChI is InChI=1S/C16H18ClNO3/c17-13-6-3-12(4-7-13)5-8-14(19)18-11-16(15(20)21)9-1-2-10-16/h3-8H,1-2,9-11H2,(H,18,19)(H,20,21)/b8-5+. The van der Waals surface area contributed by atoms with Crippen molar-refractivity contribution in [3.05, 3.63) is 40.9 Å². The lowest BCUT2D eigenvalue weighted by atomic mass is 9.86. The Hall–Kier alpha value is -1.81. The second kappa shape index (κ2) is 6.76. The molecule has 0 atom stereocenters. The van der Waals surface area contributed by atoms with Crippen molar-refractivity contribution in [2.45, 2.75) is 25.7 Å². The predicted molar refractivity (Wildman–Crippen MR) is 82.0 cm³/mol. The highest BCUT2D eigenvalue weighted by atomic mass is 35.5. The van der Waals surface area contributed by atoms with E-state index in [1.54, 1.807) is 18.2 Å². The summed E-state index contributed by atoms with van der Waals surface area (Å²) in [6, 6.07) is 7.11. The molecule has 2 rings (SSSR count). The van der Waals surface area contributed by atoms with Gasteiger partial charge >= 0.3 is 5.97 Å². The summed E-state index contributed by atoms with van der Waals surface area (Å²) >= 11 is 5.78. The lowest BCUT2D eigenvalue weighted by molar-refractivity contribution is -0.148. The van der Waals surface area contributed by atoms with Gasteiger partial charge in [0.25, 0.3) is 0 Å². The van der Waals surface area contributed by atoms with Gasteiger partial charge in [0.2, 0.25) is 5.91 Å². The van der Waals surface area contributed by atoms with Gasteiger partial charge in [0.1, 0.15) is 0 Å². The van der Waals surface area contributed by atoms with Crippen molar-refractivity contribution < 1.29 is 14.7 Å². The average molecular weight is 308 g/mol. The number of carbonyl (C=O) groups is 2. The van der Waals surface area contributed by atoms with Crippen molar-refractivity contribution in [2.24, 2.45) is 5.41 Å². The molecule has 0 heterocycles. The number of amides is 1. The van der Waals surface area contributed by atoms with Gasteiger partial charge in [0, 0.05) is 17.6 Å². The molecule has 0 bridgehead atoms. The van der Waals surface area contributed by atoms with Gasteiger partial charge in [-0.3, -0.25) is 9.59 Å². The second-order valence-electron chi connectivity index (χ2n) is 5.40. The quantitative estimate of drug-likeness (QED) is 0.821. The summed E-state index contributed by atoms with van der Waals surface area (Å²) in [5, 5.41) is 12.7. The molecule has 4 nitrogen and oxygen atoms in total. The molecule has 1 aromatic carbocycles.